The zero-order valence-electron chi connectivity index (χ0n) is 8.74. The summed E-state index contributed by atoms with van der Waals surface area (Å²) in [5.74, 6) is -0.354. The number of hydrogen-bond donors (Lipinski definition) is 0. The Morgan fingerprint density at radius 3 is 2.47 bits per heavy atom. The van der Waals surface area contributed by atoms with Gasteiger partial charge in [0, 0.05) is 16.7 Å². The van der Waals surface area contributed by atoms with E-state index in [9.17, 15) is 9.59 Å². The van der Waals surface area contributed by atoms with Gasteiger partial charge in [-0.2, -0.15) is 0 Å². The molecule has 82 valence electrons. The highest BCUT2D eigenvalue weighted by Gasteiger charge is 2.32. The molecule has 0 amide bonds. The van der Waals surface area contributed by atoms with E-state index >= 15 is 0 Å². The maximum Gasteiger partial charge on any atom is 0.194 e. The van der Waals surface area contributed by atoms with Gasteiger partial charge in [-0.3, -0.25) is 9.59 Å². The first-order valence-electron chi connectivity index (χ1n) is 5.17. The quantitative estimate of drug-likeness (QED) is 0.701. The summed E-state index contributed by atoms with van der Waals surface area (Å²) in [7, 11) is 0. The SMILES string of the molecule is O=C1C=CC=C2C(=O)c3ccccc3C(Cl)=C12. The third-order valence-corrected chi connectivity index (χ3v) is 3.29. The molecule has 0 heterocycles. The predicted octanol–water partition coefficient (Wildman–Crippen LogP) is 2.90. The third-order valence-electron chi connectivity index (χ3n) is 2.90. The Morgan fingerprint density at radius 2 is 1.71 bits per heavy atom. The van der Waals surface area contributed by atoms with Crippen LogP contribution in [-0.2, 0) is 4.79 Å². The van der Waals surface area contributed by atoms with Crippen molar-refractivity contribution in [2.75, 3.05) is 0 Å². The zero-order valence-corrected chi connectivity index (χ0v) is 9.49. The van der Waals surface area contributed by atoms with Crippen LogP contribution in [0.5, 0.6) is 0 Å². The Morgan fingerprint density at radius 1 is 1.00 bits per heavy atom. The summed E-state index contributed by atoms with van der Waals surface area (Å²) in [6, 6.07) is 7.06. The number of rotatable bonds is 0. The van der Waals surface area contributed by atoms with Crippen LogP contribution >= 0.6 is 11.6 Å². The van der Waals surface area contributed by atoms with Gasteiger partial charge in [0.2, 0.25) is 0 Å². The molecule has 0 unspecified atom stereocenters. The van der Waals surface area contributed by atoms with Gasteiger partial charge >= 0.3 is 0 Å². The number of ketones is 2. The number of fused-ring (bicyclic) bond motifs is 2. The molecule has 0 fully saturated rings. The molecule has 0 aromatic heterocycles. The molecule has 2 nitrogen and oxygen atoms in total. The van der Waals surface area contributed by atoms with Crippen molar-refractivity contribution in [1.29, 1.82) is 0 Å². The topological polar surface area (TPSA) is 34.1 Å². The Labute approximate surface area is 103 Å². The van der Waals surface area contributed by atoms with Crippen LogP contribution in [0, 0.1) is 0 Å². The van der Waals surface area contributed by atoms with E-state index in [0.717, 1.165) is 0 Å². The van der Waals surface area contributed by atoms with E-state index < -0.39 is 0 Å². The lowest BCUT2D eigenvalue weighted by Gasteiger charge is -2.21. The van der Waals surface area contributed by atoms with Crippen molar-refractivity contribution in [3.63, 3.8) is 0 Å². The lowest BCUT2D eigenvalue weighted by Crippen LogP contribution is -2.20. The van der Waals surface area contributed by atoms with Crippen LogP contribution in [0.4, 0.5) is 0 Å². The van der Waals surface area contributed by atoms with Crippen LogP contribution in [0.1, 0.15) is 15.9 Å². The van der Waals surface area contributed by atoms with E-state index in [1.807, 2.05) is 0 Å². The molecule has 0 radical (unpaired) electrons. The Balaban J connectivity index is 2.38. The van der Waals surface area contributed by atoms with Crippen molar-refractivity contribution in [3.05, 3.63) is 64.8 Å². The molecular weight excluding hydrogens is 236 g/mol. The van der Waals surface area contributed by atoms with Gasteiger partial charge in [-0.05, 0) is 6.08 Å². The van der Waals surface area contributed by atoms with Crippen LogP contribution in [0.25, 0.3) is 5.03 Å². The van der Waals surface area contributed by atoms with Crippen LogP contribution in [0.3, 0.4) is 0 Å². The van der Waals surface area contributed by atoms with E-state index in [1.54, 1.807) is 36.4 Å². The van der Waals surface area contributed by atoms with Crippen LogP contribution in [0.2, 0.25) is 0 Å². The molecule has 2 aliphatic carbocycles. The minimum absolute atomic E-state index is 0.141. The lowest BCUT2D eigenvalue weighted by molar-refractivity contribution is -0.111. The van der Waals surface area contributed by atoms with E-state index in [4.69, 9.17) is 11.6 Å². The fourth-order valence-corrected chi connectivity index (χ4v) is 2.46. The minimum atomic E-state index is -0.213. The predicted molar refractivity (Wildman–Crippen MR) is 65.8 cm³/mol. The molecule has 3 heteroatoms. The second-order valence-corrected chi connectivity index (χ2v) is 4.25. The monoisotopic (exact) mass is 242 g/mol. The Kier molecular flexibility index (Phi) is 2.13. The Bertz CT molecular complexity index is 648. The second kappa shape index (κ2) is 3.54. The zero-order chi connectivity index (χ0) is 12.0. The highest BCUT2D eigenvalue weighted by Crippen LogP contribution is 2.38. The highest BCUT2D eigenvalue weighted by atomic mass is 35.5. The number of carbonyl (C=O) groups is 2. The van der Waals surface area contributed by atoms with E-state index in [1.165, 1.54) is 6.08 Å². The first-order valence-corrected chi connectivity index (χ1v) is 5.55. The van der Waals surface area contributed by atoms with Gasteiger partial charge in [0.1, 0.15) is 0 Å². The smallest absolute Gasteiger partial charge is 0.194 e. The maximum atomic E-state index is 12.2. The summed E-state index contributed by atoms with van der Waals surface area (Å²) < 4.78 is 0. The van der Waals surface area contributed by atoms with Crippen molar-refractivity contribution in [3.8, 4) is 0 Å². The first-order chi connectivity index (χ1) is 8.20. The summed E-state index contributed by atoms with van der Waals surface area (Å²) in [5, 5.41) is 0.362. The Hall–Kier alpha value is -1.93. The van der Waals surface area contributed by atoms with Gasteiger partial charge in [0.25, 0.3) is 0 Å². The molecule has 0 bridgehead atoms. The molecule has 0 atom stereocenters. The molecule has 0 saturated heterocycles. The number of benzene rings is 1. The maximum absolute atomic E-state index is 12.2. The molecular formula is C14H7ClO2. The van der Waals surface area contributed by atoms with Gasteiger partial charge in [-0.1, -0.05) is 48.0 Å². The number of carbonyl (C=O) groups excluding carboxylic acids is 2. The highest BCUT2D eigenvalue weighted by molar-refractivity contribution is 6.54. The lowest BCUT2D eigenvalue weighted by atomic mass is 9.83. The summed E-state index contributed by atoms with van der Waals surface area (Å²) >= 11 is 6.21. The van der Waals surface area contributed by atoms with Crippen LogP contribution < -0.4 is 0 Å². The molecule has 0 saturated carbocycles. The normalized spacial score (nSPS) is 17.8. The molecule has 2 aliphatic rings. The number of Topliss-reactive ketones (excluding diaryl/α,β-unsaturated/α-hetero) is 1. The van der Waals surface area contributed by atoms with Crippen molar-refractivity contribution in [1.82, 2.24) is 0 Å². The summed E-state index contributed by atoms with van der Waals surface area (Å²) in [6.07, 6.45) is 4.64. The van der Waals surface area contributed by atoms with Crippen molar-refractivity contribution < 1.29 is 9.59 Å². The standard InChI is InChI=1S/C14H7ClO2/c15-13-8-4-1-2-5-9(8)14(17)10-6-3-7-11(16)12(10)13/h1-7H. The first kappa shape index (κ1) is 10.2. The number of halogens is 1. The van der Waals surface area contributed by atoms with Crippen molar-refractivity contribution in [2.24, 2.45) is 0 Å². The molecule has 0 aliphatic heterocycles. The minimum Gasteiger partial charge on any atom is -0.289 e. The fraction of sp³-hybridized carbons (Fsp3) is 0. The fourth-order valence-electron chi connectivity index (χ4n) is 2.10. The van der Waals surface area contributed by atoms with Crippen molar-refractivity contribution >= 4 is 28.2 Å². The summed E-state index contributed by atoms with van der Waals surface area (Å²) in [6.45, 7) is 0. The van der Waals surface area contributed by atoms with E-state index in [-0.39, 0.29) is 11.6 Å². The number of hydrogen-bond acceptors (Lipinski definition) is 2. The van der Waals surface area contributed by atoms with Gasteiger partial charge in [0.05, 0.1) is 10.6 Å². The largest absolute Gasteiger partial charge is 0.289 e. The summed E-state index contributed by atoms with van der Waals surface area (Å²) in [4.78, 5) is 24.0. The van der Waals surface area contributed by atoms with Crippen LogP contribution in [0.15, 0.2) is 53.6 Å². The summed E-state index contributed by atoms with van der Waals surface area (Å²) in [5.41, 5.74) is 1.89. The number of allylic oxidation sites excluding steroid dienone is 5. The molecule has 17 heavy (non-hydrogen) atoms. The van der Waals surface area contributed by atoms with Crippen LogP contribution in [-0.4, -0.2) is 11.6 Å². The van der Waals surface area contributed by atoms with E-state index in [0.29, 0.717) is 27.3 Å². The molecule has 1 aromatic rings. The molecule has 1 aromatic carbocycles. The molecule has 0 N–H and O–H groups in total. The van der Waals surface area contributed by atoms with Gasteiger partial charge in [-0.15, -0.1) is 0 Å². The van der Waals surface area contributed by atoms with E-state index in [2.05, 4.69) is 0 Å². The third kappa shape index (κ3) is 1.34. The average molecular weight is 243 g/mol. The van der Waals surface area contributed by atoms with Gasteiger partial charge < -0.3 is 0 Å². The average Bonchev–Trinajstić information content (AvgIpc) is 2.36. The van der Waals surface area contributed by atoms with Gasteiger partial charge in [-0.25, -0.2) is 0 Å². The second-order valence-electron chi connectivity index (χ2n) is 3.87. The molecule has 3 rings (SSSR count). The van der Waals surface area contributed by atoms with Gasteiger partial charge in [0.15, 0.2) is 11.6 Å². The van der Waals surface area contributed by atoms with Crippen molar-refractivity contribution in [2.45, 2.75) is 0 Å². The molecule has 0 spiro atoms.